The van der Waals surface area contributed by atoms with Crippen LogP contribution in [0.15, 0.2) is 93.2 Å². The van der Waals surface area contributed by atoms with Crippen molar-refractivity contribution in [2.24, 2.45) is 4.99 Å². The van der Waals surface area contributed by atoms with E-state index in [0.717, 1.165) is 26.4 Å². The number of carbonyl (C=O) groups excluding carboxylic acids is 1. The third-order valence-electron chi connectivity index (χ3n) is 5.62. The first-order valence-corrected chi connectivity index (χ1v) is 13.2. The molecule has 4 aromatic rings. The predicted octanol–water partition coefficient (Wildman–Crippen LogP) is 7.61. The Morgan fingerprint density at radius 2 is 1.76 bits per heavy atom. The number of hydrogen-bond acceptors (Lipinski definition) is 5. The average molecular weight is 577 g/mol. The number of thioether (sulfide) groups is 1. The highest BCUT2D eigenvalue weighted by Crippen LogP contribution is 2.37. The van der Waals surface area contributed by atoms with Crippen molar-refractivity contribution in [1.82, 2.24) is 5.32 Å². The summed E-state index contributed by atoms with van der Waals surface area (Å²) in [5, 5.41) is 5.48. The molecule has 186 valence electrons. The Balaban J connectivity index is 1.38. The zero-order valence-electron chi connectivity index (χ0n) is 19.8. The molecule has 5 rings (SSSR count). The van der Waals surface area contributed by atoms with E-state index >= 15 is 0 Å². The highest BCUT2D eigenvalue weighted by Gasteiger charge is 2.24. The van der Waals surface area contributed by atoms with Gasteiger partial charge in [-0.1, -0.05) is 58.4 Å². The van der Waals surface area contributed by atoms with Gasteiger partial charge >= 0.3 is 0 Å². The lowest BCUT2D eigenvalue weighted by atomic mass is 10.1. The first kappa shape index (κ1) is 25.0. The van der Waals surface area contributed by atoms with Gasteiger partial charge in [0.05, 0.1) is 17.2 Å². The molecule has 1 heterocycles. The van der Waals surface area contributed by atoms with Gasteiger partial charge in [0.2, 0.25) is 0 Å². The van der Waals surface area contributed by atoms with E-state index in [2.05, 4.69) is 50.5 Å². The summed E-state index contributed by atoms with van der Waals surface area (Å²) in [5.41, 5.74) is 2.40. The Morgan fingerprint density at radius 1 is 1.00 bits per heavy atom. The van der Waals surface area contributed by atoms with E-state index in [1.165, 1.54) is 23.9 Å². The van der Waals surface area contributed by atoms with Crippen molar-refractivity contribution in [2.45, 2.75) is 13.5 Å². The van der Waals surface area contributed by atoms with Crippen molar-refractivity contribution in [1.29, 1.82) is 0 Å². The zero-order valence-corrected chi connectivity index (χ0v) is 22.2. The summed E-state index contributed by atoms with van der Waals surface area (Å²) in [4.78, 5) is 17.4. The molecule has 4 aromatic carbocycles. The third kappa shape index (κ3) is 5.87. The number of hydrogen-bond donors (Lipinski definition) is 1. The molecular formula is C29H22BrFN2O3S. The second-order valence-electron chi connectivity index (χ2n) is 8.14. The normalized spacial score (nSPS) is 15.4. The van der Waals surface area contributed by atoms with Gasteiger partial charge in [-0.05, 0) is 83.1 Å². The number of aliphatic imine (C=N–C) groups is 1. The molecule has 0 atom stereocenters. The molecule has 0 spiro atoms. The molecule has 8 heteroatoms. The molecule has 1 amide bonds. The zero-order chi connectivity index (χ0) is 25.8. The molecule has 0 unspecified atom stereocenters. The van der Waals surface area contributed by atoms with Crippen molar-refractivity contribution in [3.63, 3.8) is 0 Å². The second-order valence-corrected chi connectivity index (χ2v) is 10.0. The van der Waals surface area contributed by atoms with Crippen molar-refractivity contribution in [3.05, 3.63) is 105 Å². The molecular weight excluding hydrogens is 555 g/mol. The molecule has 0 radical (unpaired) electrons. The van der Waals surface area contributed by atoms with Crippen LogP contribution in [0.2, 0.25) is 0 Å². The van der Waals surface area contributed by atoms with Gasteiger partial charge < -0.3 is 14.8 Å². The molecule has 1 fully saturated rings. The molecule has 1 saturated heterocycles. The van der Waals surface area contributed by atoms with Gasteiger partial charge in [0.1, 0.15) is 12.4 Å². The van der Waals surface area contributed by atoms with Crippen LogP contribution in [0.5, 0.6) is 11.5 Å². The maximum atomic E-state index is 13.2. The van der Waals surface area contributed by atoms with Crippen molar-refractivity contribution in [3.8, 4) is 11.5 Å². The van der Waals surface area contributed by atoms with Crippen LogP contribution >= 0.6 is 27.7 Å². The molecule has 0 aliphatic carbocycles. The smallest absolute Gasteiger partial charge is 0.264 e. The minimum Gasteiger partial charge on any atom is -0.490 e. The SMILES string of the molecule is CCOc1cc(/C=C2/SC(=Nc3ccc(F)cc3)NC2=O)c(Br)cc1OCc1cccc2ccccc12. The number of fused-ring (bicyclic) bond motifs is 1. The molecule has 1 aliphatic rings. The summed E-state index contributed by atoms with van der Waals surface area (Å²) in [6, 6.07) is 23.8. The predicted molar refractivity (Wildman–Crippen MR) is 151 cm³/mol. The van der Waals surface area contributed by atoms with Crippen molar-refractivity contribution >= 4 is 61.3 Å². The van der Waals surface area contributed by atoms with Crippen LogP contribution in [-0.2, 0) is 11.4 Å². The maximum absolute atomic E-state index is 13.2. The van der Waals surface area contributed by atoms with E-state index in [1.54, 1.807) is 18.2 Å². The lowest BCUT2D eigenvalue weighted by Gasteiger charge is -2.15. The van der Waals surface area contributed by atoms with Crippen LogP contribution in [0.25, 0.3) is 16.8 Å². The third-order valence-corrected chi connectivity index (χ3v) is 7.22. The van der Waals surface area contributed by atoms with Gasteiger partial charge in [0.15, 0.2) is 16.7 Å². The van der Waals surface area contributed by atoms with E-state index in [4.69, 9.17) is 9.47 Å². The molecule has 0 aromatic heterocycles. The Morgan fingerprint density at radius 3 is 2.57 bits per heavy atom. The van der Waals surface area contributed by atoms with Crippen LogP contribution < -0.4 is 14.8 Å². The largest absolute Gasteiger partial charge is 0.490 e. The second kappa shape index (κ2) is 11.2. The highest BCUT2D eigenvalue weighted by atomic mass is 79.9. The highest BCUT2D eigenvalue weighted by molar-refractivity contribution is 9.10. The minimum absolute atomic E-state index is 0.257. The number of amides is 1. The number of rotatable bonds is 7. The summed E-state index contributed by atoms with van der Waals surface area (Å²) in [6.45, 7) is 2.76. The summed E-state index contributed by atoms with van der Waals surface area (Å²) >= 11 is 4.83. The first-order chi connectivity index (χ1) is 18.0. The lowest BCUT2D eigenvalue weighted by Crippen LogP contribution is -2.19. The molecule has 0 bridgehead atoms. The summed E-state index contributed by atoms with van der Waals surface area (Å²) in [6.07, 6.45) is 1.77. The molecule has 0 saturated carbocycles. The van der Waals surface area contributed by atoms with E-state index in [-0.39, 0.29) is 11.7 Å². The van der Waals surface area contributed by atoms with E-state index in [0.29, 0.717) is 40.5 Å². The summed E-state index contributed by atoms with van der Waals surface area (Å²) in [7, 11) is 0. The number of halogens is 2. The molecule has 1 aliphatic heterocycles. The van der Waals surface area contributed by atoms with Crippen molar-refractivity contribution in [2.75, 3.05) is 6.61 Å². The number of amidine groups is 1. The number of ether oxygens (including phenoxy) is 2. The number of nitrogens with zero attached hydrogens (tertiary/aromatic N) is 1. The van der Waals surface area contributed by atoms with E-state index in [9.17, 15) is 9.18 Å². The number of benzene rings is 4. The van der Waals surface area contributed by atoms with Gasteiger partial charge in [-0.2, -0.15) is 0 Å². The lowest BCUT2D eigenvalue weighted by molar-refractivity contribution is -0.115. The van der Waals surface area contributed by atoms with Crippen LogP contribution in [0.4, 0.5) is 10.1 Å². The van der Waals surface area contributed by atoms with Crippen LogP contribution in [0, 0.1) is 5.82 Å². The maximum Gasteiger partial charge on any atom is 0.264 e. The molecule has 37 heavy (non-hydrogen) atoms. The van der Waals surface area contributed by atoms with Gasteiger partial charge in [0, 0.05) is 4.47 Å². The van der Waals surface area contributed by atoms with Gasteiger partial charge in [-0.15, -0.1) is 0 Å². The fraction of sp³-hybridized carbons (Fsp3) is 0.103. The van der Waals surface area contributed by atoms with Gasteiger partial charge in [-0.3, -0.25) is 4.79 Å². The Kier molecular flexibility index (Phi) is 7.58. The topological polar surface area (TPSA) is 59.9 Å². The van der Waals surface area contributed by atoms with E-state index < -0.39 is 0 Å². The fourth-order valence-corrected chi connectivity index (χ4v) is 5.14. The quantitative estimate of drug-likeness (QED) is 0.230. The summed E-state index contributed by atoms with van der Waals surface area (Å²) in [5.74, 6) is 0.589. The Bertz CT molecular complexity index is 1530. The van der Waals surface area contributed by atoms with Crippen molar-refractivity contribution < 1.29 is 18.7 Å². The molecule has 1 N–H and O–H groups in total. The average Bonchev–Trinajstić information content (AvgIpc) is 3.24. The van der Waals surface area contributed by atoms with Crippen LogP contribution in [0.3, 0.4) is 0 Å². The van der Waals surface area contributed by atoms with Gasteiger partial charge in [0.25, 0.3) is 5.91 Å². The number of carbonyl (C=O) groups is 1. The Hall–Kier alpha value is -3.62. The van der Waals surface area contributed by atoms with Crippen LogP contribution in [-0.4, -0.2) is 17.7 Å². The number of nitrogens with one attached hydrogen (secondary N) is 1. The Labute approximate surface area is 226 Å². The monoisotopic (exact) mass is 576 g/mol. The fourth-order valence-electron chi connectivity index (χ4n) is 3.87. The first-order valence-electron chi connectivity index (χ1n) is 11.6. The standard InChI is InChI=1S/C29H22BrFN2O3S/c1-2-35-25-14-20(15-27-28(34)33-29(37-27)32-22-12-10-21(31)11-13-22)24(30)16-26(25)36-17-19-8-5-7-18-6-3-4-9-23(18)19/h3-16H,2,17H2,1H3,(H,32,33,34)/b27-15+. The summed E-state index contributed by atoms with van der Waals surface area (Å²) < 4.78 is 26.0. The van der Waals surface area contributed by atoms with E-state index in [1.807, 2.05) is 37.3 Å². The minimum atomic E-state index is -0.341. The molecule has 5 nitrogen and oxygen atoms in total. The van der Waals surface area contributed by atoms with Gasteiger partial charge in [-0.25, -0.2) is 9.38 Å². The van der Waals surface area contributed by atoms with Crippen LogP contribution in [0.1, 0.15) is 18.1 Å².